The number of halogens is 2. The maximum atomic E-state index is 13.2. The van der Waals surface area contributed by atoms with E-state index in [1.54, 1.807) is 11.6 Å². The number of anilines is 1. The summed E-state index contributed by atoms with van der Waals surface area (Å²) in [4.78, 5) is 12.6. The number of aryl methyl sites for hydroxylation is 1. The summed E-state index contributed by atoms with van der Waals surface area (Å²) in [6, 6.07) is 4.08. The van der Waals surface area contributed by atoms with Crippen molar-refractivity contribution >= 4 is 28.9 Å². The Kier molecular flexibility index (Phi) is 4.22. The Labute approximate surface area is 138 Å². The second-order valence-electron chi connectivity index (χ2n) is 5.75. The zero-order valence-electron chi connectivity index (χ0n) is 12.7. The van der Waals surface area contributed by atoms with Crippen molar-refractivity contribution in [2.75, 3.05) is 5.32 Å². The molecule has 0 saturated carbocycles. The zero-order chi connectivity index (χ0) is 16.6. The van der Waals surface area contributed by atoms with Crippen LogP contribution in [0.1, 0.15) is 40.9 Å². The molecule has 0 unspecified atom stereocenters. The monoisotopic (exact) mass is 333 g/mol. The summed E-state index contributed by atoms with van der Waals surface area (Å²) >= 11 is 5.75. The minimum absolute atomic E-state index is 0.0321. The third-order valence-electron chi connectivity index (χ3n) is 4.11. The van der Waals surface area contributed by atoms with Crippen LogP contribution in [0.15, 0.2) is 24.4 Å². The van der Waals surface area contributed by atoms with E-state index in [1.165, 1.54) is 18.2 Å². The number of hydrogen-bond acceptors (Lipinski definition) is 2. The van der Waals surface area contributed by atoms with Crippen molar-refractivity contribution in [3.8, 4) is 0 Å². The first-order valence-electron chi connectivity index (χ1n) is 7.49. The average molecular weight is 334 g/mol. The average Bonchev–Trinajstić information content (AvgIpc) is 2.74. The van der Waals surface area contributed by atoms with Crippen molar-refractivity contribution in [1.82, 2.24) is 4.57 Å². The normalized spacial score (nSPS) is 14.3. The van der Waals surface area contributed by atoms with E-state index in [0.29, 0.717) is 17.1 Å². The van der Waals surface area contributed by atoms with Crippen molar-refractivity contribution in [1.29, 1.82) is 5.41 Å². The topological polar surface area (TPSA) is 57.9 Å². The Bertz CT molecular complexity index is 797. The smallest absolute Gasteiger partial charge is 0.272 e. The lowest BCUT2D eigenvalue weighted by Gasteiger charge is -2.09. The fourth-order valence-corrected chi connectivity index (χ4v) is 3.17. The second kappa shape index (κ2) is 6.16. The van der Waals surface area contributed by atoms with E-state index in [-0.39, 0.29) is 10.9 Å². The van der Waals surface area contributed by atoms with Crippen molar-refractivity contribution in [3.63, 3.8) is 0 Å². The van der Waals surface area contributed by atoms with Crippen LogP contribution < -0.4 is 5.32 Å². The third-order valence-corrected chi connectivity index (χ3v) is 4.40. The molecule has 23 heavy (non-hydrogen) atoms. The molecular weight excluding hydrogens is 317 g/mol. The number of fused-ring (bicyclic) bond motifs is 1. The van der Waals surface area contributed by atoms with Crippen LogP contribution in [-0.4, -0.2) is 16.2 Å². The summed E-state index contributed by atoms with van der Waals surface area (Å²) in [6.45, 7) is 0. The van der Waals surface area contributed by atoms with E-state index >= 15 is 0 Å². The van der Waals surface area contributed by atoms with Gasteiger partial charge in [0.05, 0.1) is 5.02 Å². The predicted molar refractivity (Wildman–Crippen MR) is 89.2 cm³/mol. The van der Waals surface area contributed by atoms with Gasteiger partial charge >= 0.3 is 0 Å². The van der Waals surface area contributed by atoms with Crippen LogP contribution in [0, 0.1) is 11.2 Å². The SMILES string of the molecule is Cn1cc2c(c1C(=O)Nc1ccc(F)c(Cl)c1)CCCCC2=N. The van der Waals surface area contributed by atoms with Gasteiger partial charge < -0.3 is 15.3 Å². The molecule has 0 atom stereocenters. The molecule has 0 fully saturated rings. The first kappa shape index (κ1) is 15.7. The van der Waals surface area contributed by atoms with Crippen molar-refractivity contribution in [2.45, 2.75) is 25.7 Å². The van der Waals surface area contributed by atoms with E-state index in [2.05, 4.69) is 5.32 Å². The molecule has 1 heterocycles. The van der Waals surface area contributed by atoms with Gasteiger partial charge in [0.15, 0.2) is 0 Å². The zero-order valence-corrected chi connectivity index (χ0v) is 13.5. The van der Waals surface area contributed by atoms with E-state index in [0.717, 1.165) is 36.8 Å². The summed E-state index contributed by atoms with van der Waals surface area (Å²) in [5.74, 6) is -0.794. The first-order valence-corrected chi connectivity index (χ1v) is 7.87. The number of carbonyl (C=O) groups excluding carboxylic acids is 1. The maximum Gasteiger partial charge on any atom is 0.272 e. The molecule has 4 nitrogen and oxygen atoms in total. The van der Waals surface area contributed by atoms with Gasteiger partial charge in [-0.3, -0.25) is 4.79 Å². The number of carbonyl (C=O) groups is 1. The summed E-state index contributed by atoms with van der Waals surface area (Å²) in [5, 5.41) is 10.9. The number of aromatic nitrogens is 1. The maximum absolute atomic E-state index is 13.2. The fraction of sp³-hybridized carbons (Fsp3) is 0.294. The molecule has 1 amide bonds. The molecule has 2 N–H and O–H groups in total. The molecule has 1 aromatic heterocycles. The molecule has 6 heteroatoms. The standard InChI is InChI=1S/C17H17ClFN3O/c1-22-9-12-11(4-2-3-5-15(12)20)16(22)17(23)21-10-6-7-14(19)13(18)8-10/h6-9,20H,2-5H2,1H3,(H,21,23). The molecule has 3 rings (SSSR count). The second-order valence-corrected chi connectivity index (χ2v) is 6.16. The van der Waals surface area contributed by atoms with Crippen LogP contribution in [0.3, 0.4) is 0 Å². The Morgan fingerprint density at radius 1 is 1.35 bits per heavy atom. The lowest BCUT2D eigenvalue weighted by Crippen LogP contribution is -2.17. The Morgan fingerprint density at radius 3 is 2.83 bits per heavy atom. The lowest BCUT2D eigenvalue weighted by atomic mass is 10.0. The highest BCUT2D eigenvalue weighted by Crippen LogP contribution is 2.26. The molecule has 0 radical (unpaired) electrons. The van der Waals surface area contributed by atoms with Crippen molar-refractivity contribution in [2.24, 2.45) is 7.05 Å². The Morgan fingerprint density at radius 2 is 2.09 bits per heavy atom. The highest BCUT2D eigenvalue weighted by Gasteiger charge is 2.24. The van der Waals surface area contributed by atoms with Crippen LogP contribution in [-0.2, 0) is 13.5 Å². The Hall–Kier alpha value is -2.14. The number of benzene rings is 1. The number of nitrogens with zero attached hydrogens (tertiary/aromatic N) is 1. The molecule has 1 aliphatic rings. The third kappa shape index (κ3) is 3.01. The quantitative estimate of drug-likeness (QED) is 0.796. The summed E-state index contributed by atoms with van der Waals surface area (Å²) in [5.41, 5.74) is 3.34. The molecule has 120 valence electrons. The van der Waals surface area contributed by atoms with Gasteiger partial charge in [-0.2, -0.15) is 0 Å². The van der Waals surface area contributed by atoms with E-state index < -0.39 is 5.82 Å². The minimum Gasteiger partial charge on any atom is -0.346 e. The molecular formula is C17H17ClFN3O. The number of amides is 1. The van der Waals surface area contributed by atoms with Gasteiger partial charge in [-0.15, -0.1) is 0 Å². The van der Waals surface area contributed by atoms with Gasteiger partial charge in [0.1, 0.15) is 11.5 Å². The summed E-state index contributed by atoms with van der Waals surface area (Å²) < 4.78 is 15.0. The molecule has 1 aliphatic carbocycles. The molecule has 2 aromatic rings. The molecule has 0 bridgehead atoms. The largest absolute Gasteiger partial charge is 0.346 e. The van der Waals surface area contributed by atoms with Crippen LogP contribution in [0.5, 0.6) is 0 Å². The number of nitrogens with one attached hydrogen (secondary N) is 2. The van der Waals surface area contributed by atoms with Gasteiger partial charge in [0.2, 0.25) is 0 Å². The molecule has 0 spiro atoms. The van der Waals surface area contributed by atoms with Gasteiger partial charge in [0.25, 0.3) is 5.91 Å². The Balaban J connectivity index is 1.93. The lowest BCUT2D eigenvalue weighted by molar-refractivity contribution is 0.101. The van der Waals surface area contributed by atoms with E-state index in [4.69, 9.17) is 17.0 Å². The fourth-order valence-electron chi connectivity index (χ4n) is 2.99. The van der Waals surface area contributed by atoms with Gasteiger partial charge in [-0.1, -0.05) is 11.6 Å². The summed E-state index contributed by atoms with van der Waals surface area (Å²) in [6.07, 6.45) is 5.29. The number of rotatable bonds is 2. The molecule has 0 saturated heterocycles. The molecule has 0 aliphatic heterocycles. The van der Waals surface area contributed by atoms with Gasteiger partial charge in [0, 0.05) is 30.2 Å². The predicted octanol–water partition coefficient (Wildman–Crippen LogP) is 4.16. The first-order chi connectivity index (χ1) is 11.0. The van der Waals surface area contributed by atoms with E-state index in [1.807, 2.05) is 6.20 Å². The summed E-state index contributed by atoms with van der Waals surface area (Å²) in [7, 11) is 1.80. The molecule has 1 aromatic carbocycles. The highest BCUT2D eigenvalue weighted by molar-refractivity contribution is 6.31. The van der Waals surface area contributed by atoms with Crippen LogP contribution in [0.2, 0.25) is 5.02 Å². The highest BCUT2D eigenvalue weighted by atomic mass is 35.5. The number of hydrogen-bond donors (Lipinski definition) is 2. The van der Waals surface area contributed by atoms with Crippen LogP contribution in [0.25, 0.3) is 0 Å². The van der Waals surface area contributed by atoms with Crippen molar-refractivity contribution < 1.29 is 9.18 Å². The van der Waals surface area contributed by atoms with Gasteiger partial charge in [-0.05, 0) is 49.4 Å². The van der Waals surface area contributed by atoms with Crippen LogP contribution >= 0.6 is 11.6 Å². The van der Waals surface area contributed by atoms with E-state index in [9.17, 15) is 9.18 Å². The van der Waals surface area contributed by atoms with Crippen LogP contribution in [0.4, 0.5) is 10.1 Å². The minimum atomic E-state index is -0.522. The van der Waals surface area contributed by atoms with Gasteiger partial charge in [-0.25, -0.2) is 4.39 Å². The van der Waals surface area contributed by atoms with Crippen molar-refractivity contribution in [3.05, 3.63) is 52.1 Å².